The van der Waals surface area contributed by atoms with Crippen LogP contribution in [-0.4, -0.2) is 56.3 Å². The number of thioether (sulfide) groups is 1. The molecule has 0 spiro atoms. The summed E-state index contributed by atoms with van der Waals surface area (Å²) in [6, 6.07) is 0. The number of ether oxygens (including phenoxy) is 2. The van der Waals surface area contributed by atoms with Crippen molar-refractivity contribution < 1.29 is 19.1 Å². The van der Waals surface area contributed by atoms with Crippen LogP contribution in [0.4, 0.5) is 0 Å². The lowest BCUT2D eigenvalue weighted by Crippen LogP contribution is -2.46. The van der Waals surface area contributed by atoms with Gasteiger partial charge in [-0.1, -0.05) is 33.1 Å². The first-order valence-corrected chi connectivity index (χ1v) is 15.8. The lowest BCUT2D eigenvalue weighted by molar-refractivity contribution is -0.186. The van der Waals surface area contributed by atoms with E-state index in [0.717, 1.165) is 31.1 Å². The Labute approximate surface area is 201 Å². The van der Waals surface area contributed by atoms with E-state index in [1.807, 2.05) is 13.2 Å². The maximum Gasteiger partial charge on any atom is 0.229 e. The van der Waals surface area contributed by atoms with Crippen molar-refractivity contribution in [2.75, 3.05) is 19.5 Å². The van der Waals surface area contributed by atoms with Crippen LogP contribution in [0.1, 0.15) is 63.0 Å². The molecule has 2 aromatic rings. The summed E-state index contributed by atoms with van der Waals surface area (Å²) >= 11 is 3.66. The zero-order valence-electron chi connectivity index (χ0n) is 18.0. The summed E-state index contributed by atoms with van der Waals surface area (Å²) in [6.45, 7) is 4.81. The molecule has 0 bridgehead atoms. The second-order valence-electron chi connectivity index (χ2n) is 7.41. The van der Waals surface area contributed by atoms with Gasteiger partial charge in [0.1, 0.15) is 5.03 Å². The SMILES string of the molecule is CCCCC(C(=O)c1nc(SC)c2cnn(PI)c2n1)C(=O)C1(CCCC)OCCO1. The van der Waals surface area contributed by atoms with Gasteiger partial charge in [0, 0.05) is 6.42 Å². The van der Waals surface area contributed by atoms with Gasteiger partial charge in [0.05, 0.1) is 37.1 Å². The highest BCUT2D eigenvalue weighted by atomic mass is 127. The molecule has 0 N–H and O–H groups in total. The number of fused-ring (bicyclic) bond motifs is 1. The highest BCUT2D eigenvalue weighted by Gasteiger charge is 2.49. The molecule has 31 heavy (non-hydrogen) atoms. The number of aromatic nitrogens is 4. The molecule has 8 nitrogen and oxygen atoms in total. The van der Waals surface area contributed by atoms with E-state index in [9.17, 15) is 9.59 Å². The van der Waals surface area contributed by atoms with E-state index in [2.05, 4.69) is 44.0 Å². The number of hydrogen-bond donors (Lipinski definition) is 0. The topological polar surface area (TPSA) is 96.2 Å². The molecule has 2 unspecified atom stereocenters. The molecule has 1 aliphatic rings. The summed E-state index contributed by atoms with van der Waals surface area (Å²) in [5.74, 6) is -2.82. The second-order valence-corrected chi connectivity index (χ2v) is 10.2. The average molecular weight is 578 g/mol. The molecule has 2 atom stereocenters. The van der Waals surface area contributed by atoms with Gasteiger partial charge in [-0.25, -0.2) is 14.4 Å². The number of ketones is 2. The first kappa shape index (κ1) is 25.0. The van der Waals surface area contributed by atoms with Gasteiger partial charge in [0.15, 0.2) is 11.5 Å². The number of unbranched alkanes of at least 4 members (excludes halogenated alkanes) is 2. The predicted octanol–water partition coefficient (Wildman–Crippen LogP) is 4.83. The molecule has 0 aliphatic carbocycles. The quantitative estimate of drug-likeness (QED) is 0.0883. The number of nitrogens with zero attached hydrogens (tertiary/aromatic N) is 4. The maximum atomic E-state index is 13.6. The van der Waals surface area contributed by atoms with E-state index in [1.165, 1.54) is 11.8 Å². The van der Waals surface area contributed by atoms with E-state index < -0.39 is 11.7 Å². The first-order valence-electron chi connectivity index (χ1n) is 10.5. The van der Waals surface area contributed by atoms with Crippen molar-refractivity contribution in [1.82, 2.24) is 19.5 Å². The molecule has 0 amide bonds. The number of carbonyl (C=O) groups excluding carboxylic acids is 2. The largest absolute Gasteiger partial charge is 0.341 e. The summed E-state index contributed by atoms with van der Waals surface area (Å²) in [6.07, 6.45) is 8.17. The summed E-state index contributed by atoms with van der Waals surface area (Å²) in [5.41, 5.74) is 0.617. The third kappa shape index (κ3) is 5.29. The molecule has 0 aromatic carbocycles. The van der Waals surface area contributed by atoms with Crippen LogP contribution in [0.5, 0.6) is 0 Å². The van der Waals surface area contributed by atoms with Crippen molar-refractivity contribution in [1.29, 1.82) is 0 Å². The molecule has 3 heterocycles. The van der Waals surface area contributed by atoms with Crippen molar-refractivity contribution in [2.24, 2.45) is 5.92 Å². The van der Waals surface area contributed by atoms with Gasteiger partial charge in [-0.15, -0.1) is 11.8 Å². The zero-order valence-corrected chi connectivity index (χ0v) is 22.0. The Morgan fingerprint density at radius 2 is 1.97 bits per heavy atom. The number of rotatable bonds is 12. The molecular weight excluding hydrogens is 550 g/mol. The van der Waals surface area contributed by atoms with Crippen LogP contribution in [0, 0.1) is 5.92 Å². The lowest BCUT2D eigenvalue weighted by Gasteiger charge is -2.29. The van der Waals surface area contributed by atoms with Crippen LogP contribution in [0.3, 0.4) is 0 Å². The molecule has 0 saturated carbocycles. The molecule has 170 valence electrons. The Balaban J connectivity index is 2.00. The van der Waals surface area contributed by atoms with Crippen molar-refractivity contribution >= 4 is 62.8 Å². The molecule has 1 fully saturated rings. The number of Topliss-reactive ketones (excluding diaryl/α,β-unsaturated/α-hetero) is 2. The van der Waals surface area contributed by atoms with Gasteiger partial charge in [-0.3, -0.25) is 9.59 Å². The van der Waals surface area contributed by atoms with Crippen molar-refractivity contribution in [3.8, 4) is 0 Å². The van der Waals surface area contributed by atoms with Crippen LogP contribution in [0.2, 0.25) is 0 Å². The number of carbonyl (C=O) groups is 2. The molecule has 1 saturated heterocycles. The molecule has 2 aromatic heterocycles. The Kier molecular flexibility index (Phi) is 9.22. The second kappa shape index (κ2) is 11.4. The van der Waals surface area contributed by atoms with E-state index >= 15 is 0 Å². The van der Waals surface area contributed by atoms with Gasteiger partial charge < -0.3 is 9.47 Å². The highest BCUT2D eigenvalue weighted by molar-refractivity contribution is 14.2. The van der Waals surface area contributed by atoms with Crippen LogP contribution >= 0.6 is 40.2 Å². The fourth-order valence-corrected chi connectivity index (χ4v) is 5.65. The third-order valence-corrected chi connectivity index (χ3v) is 7.91. The number of hydrogen-bond acceptors (Lipinski definition) is 8. The fraction of sp³-hybridized carbons (Fsp3) is 0.650. The van der Waals surface area contributed by atoms with Gasteiger partial charge in [-0.2, -0.15) is 5.10 Å². The van der Waals surface area contributed by atoms with E-state index in [1.54, 1.807) is 10.6 Å². The molecule has 0 radical (unpaired) electrons. The summed E-state index contributed by atoms with van der Waals surface area (Å²) in [7, 11) is 0. The minimum absolute atomic E-state index is 0.0614. The van der Waals surface area contributed by atoms with Crippen LogP contribution in [0.25, 0.3) is 11.0 Å². The number of halogens is 1. The Morgan fingerprint density at radius 1 is 1.26 bits per heavy atom. The molecule has 3 rings (SSSR count). The maximum absolute atomic E-state index is 13.6. The van der Waals surface area contributed by atoms with Gasteiger partial charge >= 0.3 is 0 Å². The summed E-state index contributed by atoms with van der Waals surface area (Å²) in [5, 5.41) is 5.84. The van der Waals surface area contributed by atoms with Gasteiger partial charge in [0.2, 0.25) is 17.4 Å². The third-order valence-electron chi connectivity index (χ3n) is 5.36. The van der Waals surface area contributed by atoms with Crippen molar-refractivity contribution in [3.63, 3.8) is 0 Å². The minimum Gasteiger partial charge on any atom is -0.341 e. The Hall–Kier alpha value is -0.680. The summed E-state index contributed by atoms with van der Waals surface area (Å²) < 4.78 is 13.4. The average Bonchev–Trinajstić information content (AvgIpc) is 3.44. The Morgan fingerprint density at radius 3 is 2.58 bits per heavy atom. The fourth-order valence-electron chi connectivity index (χ4n) is 3.69. The van der Waals surface area contributed by atoms with Crippen LogP contribution in [-0.2, 0) is 14.3 Å². The summed E-state index contributed by atoms with van der Waals surface area (Å²) in [4.78, 5) is 36.3. The van der Waals surface area contributed by atoms with E-state index in [4.69, 9.17) is 9.47 Å². The first-order chi connectivity index (χ1) is 15.0. The van der Waals surface area contributed by atoms with Crippen molar-refractivity contribution in [3.05, 3.63) is 12.0 Å². The van der Waals surface area contributed by atoms with Gasteiger partial charge in [-0.05, 0) is 41.1 Å². The monoisotopic (exact) mass is 578 g/mol. The van der Waals surface area contributed by atoms with Crippen molar-refractivity contribution in [2.45, 2.75) is 63.2 Å². The van der Waals surface area contributed by atoms with E-state index in [0.29, 0.717) is 43.1 Å². The van der Waals surface area contributed by atoms with Crippen LogP contribution in [0.15, 0.2) is 11.2 Å². The predicted molar refractivity (Wildman–Crippen MR) is 131 cm³/mol. The standard InChI is InChI=1S/C20H28IN4O4PS/c1-4-6-8-13(16(27)20(9-7-5-2)28-10-11-29-20)15(26)17-23-18-14(19(24-17)31-3)12-22-25(18)30-21/h12-13,30H,4-11H2,1-3H3. The molecular formula is C20H28IN4O4PS. The normalized spacial score (nSPS) is 17.0. The van der Waals surface area contributed by atoms with E-state index in [-0.39, 0.29) is 17.4 Å². The Bertz CT molecular complexity index is 935. The van der Waals surface area contributed by atoms with Gasteiger partial charge in [0.25, 0.3) is 0 Å². The lowest BCUT2D eigenvalue weighted by atomic mass is 9.86. The molecule has 11 heteroatoms. The minimum atomic E-state index is -1.33. The van der Waals surface area contributed by atoms with Crippen LogP contribution < -0.4 is 0 Å². The highest BCUT2D eigenvalue weighted by Crippen LogP contribution is 2.34. The zero-order chi connectivity index (χ0) is 22.4. The molecule has 1 aliphatic heterocycles. The smallest absolute Gasteiger partial charge is 0.229 e.